The van der Waals surface area contributed by atoms with Crippen molar-refractivity contribution in [2.24, 2.45) is 5.73 Å². The quantitative estimate of drug-likeness (QED) is 0.322. The molecule has 0 unspecified atom stereocenters. The molecule has 3 atom stereocenters. The fourth-order valence-electron chi connectivity index (χ4n) is 2.79. The molecule has 0 fully saturated rings. The largest absolute Gasteiger partial charge is 0.481 e. The Morgan fingerprint density at radius 3 is 2.45 bits per heavy atom. The molecular formula is C19H24N4O6. The van der Waals surface area contributed by atoms with Crippen LogP contribution < -0.4 is 16.4 Å². The van der Waals surface area contributed by atoms with Crippen LogP contribution in [0.1, 0.15) is 25.3 Å². The summed E-state index contributed by atoms with van der Waals surface area (Å²) in [6.45, 7) is 1.31. The van der Waals surface area contributed by atoms with E-state index < -0.39 is 41.9 Å². The topological polar surface area (TPSA) is 175 Å². The number of carboxylic acids is 2. The van der Waals surface area contributed by atoms with Crippen LogP contribution in [-0.2, 0) is 25.6 Å². The number of hydrogen-bond acceptors (Lipinski definition) is 5. The van der Waals surface area contributed by atoms with Crippen LogP contribution in [0.15, 0.2) is 30.5 Å². The zero-order chi connectivity index (χ0) is 21.6. The van der Waals surface area contributed by atoms with Crippen LogP contribution in [0.2, 0.25) is 0 Å². The number of aromatic amines is 1. The van der Waals surface area contributed by atoms with Gasteiger partial charge in [0, 0.05) is 29.9 Å². The molecule has 0 bridgehead atoms. The number of para-hydroxylation sites is 1. The van der Waals surface area contributed by atoms with E-state index in [0.29, 0.717) is 0 Å². The molecule has 156 valence electrons. The summed E-state index contributed by atoms with van der Waals surface area (Å²) in [6.07, 6.45) is 1.43. The Kier molecular flexibility index (Phi) is 7.32. The average molecular weight is 404 g/mol. The molecule has 0 aliphatic heterocycles. The van der Waals surface area contributed by atoms with E-state index in [9.17, 15) is 19.2 Å². The monoisotopic (exact) mass is 404 g/mol. The molecule has 29 heavy (non-hydrogen) atoms. The minimum Gasteiger partial charge on any atom is -0.481 e. The summed E-state index contributed by atoms with van der Waals surface area (Å²) in [7, 11) is 0. The molecule has 7 N–H and O–H groups in total. The van der Waals surface area contributed by atoms with Crippen molar-refractivity contribution in [3.63, 3.8) is 0 Å². The van der Waals surface area contributed by atoms with Crippen molar-refractivity contribution in [2.45, 2.75) is 44.3 Å². The van der Waals surface area contributed by atoms with E-state index >= 15 is 0 Å². The number of H-pyrrole nitrogens is 1. The highest BCUT2D eigenvalue weighted by Gasteiger charge is 2.27. The average Bonchev–Trinajstić information content (AvgIpc) is 3.08. The lowest BCUT2D eigenvalue weighted by Gasteiger charge is -2.21. The number of amides is 2. The van der Waals surface area contributed by atoms with Crippen molar-refractivity contribution in [3.8, 4) is 0 Å². The Labute approximate surface area is 166 Å². The summed E-state index contributed by atoms with van der Waals surface area (Å²) in [5.74, 6) is -3.66. The van der Waals surface area contributed by atoms with Gasteiger partial charge in [-0.25, -0.2) is 0 Å². The van der Waals surface area contributed by atoms with Crippen molar-refractivity contribution in [1.29, 1.82) is 0 Å². The van der Waals surface area contributed by atoms with Crippen LogP contribution in [0.4, 0.5) is 0 Å². The van der Waals surface area contributed by atoms with E-state index in [4.69, 9.17) is 15.9 Å². The first kappa shape index (κ1) is 21.9. The number of carboxylic acid groups (broad SMARTS) is 2. The van der Waals surface area contributed by atoms with Crippen LogP contribution in [-0.4, -0.2) is 57.1 Å². The van der Waals surface area contributed by atoms with Gasteiger partial charge in [-0.05, 0) is 25.0 Å². The predicted molar refractivity (Wildman–Crippen MR) is 104 cm³/mol. The normalized spacial score (nSPS) is 14.0. The molecule has 2 aromatic rings. The molecule has 0 spiro atoms. The van der Waals surface area contributed by atoms with E-state index in [1.165, 1.54) is 6.92 Å². The van der Waals surface area contributed by atoms with Crippen molar-refractivity contribution < 1.29 is 29.4 Å². The van der Waals surface area contributed by atoms with E-state index in [2.05, 4.69) is 15.6 Å². The molecule has 10 nitrogen and oxygen atoms in total. The van der Waals surface area contributed by atoms with Crippen molar-refractivity contribution in [3.05, 3.63) is 36.0 Å². The number of benzene rings is 1. The van der Waals surface area contributed by atoms with Crippen molar-refractivity contribution in [2.75, 3.05) is 0 Å². The predicted octanol–water partition coefficient (Wildman–Crippen LogP) is -0.0234. The highest BCUT2D eigenvalue weighted by Crippen LogP contribution is 2.19. The first-order valence-corrected chi connectivity index (χ1v) is 9.05. The number of rotatable bonds is 10. The van der Waals surface area contributed by atoms with Crippen LogP contribution in [0, 0.1) is 0 Å². The number of carbonyl (C=O) groups excluding carboxylic acids is 2. The van der Waals surface area contributed by atoms with Crippen molar-refractivity contribution in [1.82, 2.24) is 15.6 Å². The summed E-state index contributed by atoms with van der Waals surface area (Å²) in [6, 6.07) is 4.06. The van der Waals surface area contributed by atoms with E-state index in [-0.39, 0.29) is 19.3 Å². The molecule has 0 aliphatic rings. The van der Waals surface area contributed by atoms with Gasteiger partial charge in [0.2, 0.25) is 11.8 Å². The molecule has 0 aliphatic carbocycles. The summed E-state index contributed by atoms with van der Waals surface area (Å²) in [5, 5.41) is 23.5. The Morgan fingerprint density at radius 2 is 1.79 bits per heavy atom. The van der Waals surface area contributed by atoms with Crippen molar-refractivity contribution >= 4 is 34.7 Å². The van der Waals surface area contributed by atoms with Gasteiger partial charge >= 0.3 is 11.9 Å². The minimum atomic E-state index is -1.21. The van der Waals surface area contributed by atoms with Gasteiger partial charge in [0.25, 0.3) is 0 Å². The van der Waals surface area contributed by atoms with Crippen LogP contribution in [0.3, 0.4) is 0 Å². The Hall–Kier alpha value is -3.40. The van der Waals surface area contributed by atoms with Crippen LogP contribution in [0.5, 0.6) is 0 Å². The molecule has 1 heterocycles. The smallest absolute Gasteiger partial charge is 0.325 e. The van der Waals surface area contributed by atoms with Gasteiger partial charge in [-0.15, -0.1) is 0 Å². The van der Waals surface area contributed by atoms with E-state index in [1.54, 1.807) is 6.20 Å². The second kappa shape index (κ2) is 9.69. The second-order valence-electron chi connectivity index (χ2n) is 6.73. The number of aliphatic carboxylic acids is 2. The van der Waals surface area contributed by atoms with Gasteiger partial charge in [-0.2, -0.15) is 0 Å². The van der Waals surface area contributed by atoms with E-state index in [1.807, 2.05) is 24.3 Å². The molecule has 0 saturated heterocycles. The van der Waals surface area contributed by atoms with Crippen LogP contribution >= 0.6 is 0 Å². The standard InChI is InChI=1S/C19H24N4O6/c1-10(19(28)29)22-18(27)15(23-17(26)13(20)6-7-16(24)25)8-11-9-21-14-5-3-2-4-12(11)14/h2-5,9-10,13,15,21H,6-8,20H2,1H3,(H,22,27)(H,23,26)(H,24,25)(H,28,29)/t10-,13+,15+/m0/s1. The molecule has 0 saturated carbocycles. The van der Waals surface area contributed by atoms with Gasteiger partial charge in [0.1, 0.15) is 12.1 Å². The molecule has 2 amide bonds. The van der Waals surface area contributed by atoms with Gasteiger partial charge in [-0.3, -0.25) is 19.2 Å². The maximum atomic E-state index is 12.6. The number of nitrogens with two attached hydrogens (primary N) is 1. The Morgan fingerprint density at radius 1 is 1.10 bits per heavy atom. The molecule has 2 rings (SSSR count). The fourth-order valence-corrected chi connectivity index (χ4v) is 2.79. The van der Waals surface area contributed by atoms with E-state index in [0.717, 1.165) is 16.5 Å². The van der Waals surface area contributed by atoms with Gasteiger partial charge in [0.15, 0.2) is 0 Å². The Balaban J connectivity index is 2.18. The number of nitrogens with one attached hydrogen (secondary N) is 3. The van der Waals surface area contributed by atoms with Gasteiger partial charge < -0.3 is 31.6 Å². The zero-order valence-electron chi connectivity index (χ0n) is 15.8. The number of hydrogen-bond donors (Lipinski definition) is 6. The summed E-state index contributed by atoms with van der Waals surface area (Å²) >= 11 is 0. The number of fused-ring (bicyclic) bond motifs is 1. The maximum absolute atomic E-state index is 12.6. The zero-order valence-corrected chi connectivity index (χ0v) is 15.8. The number of carbonyl (C=O) groups is 4. The lowest BCUT2D eigenvalue weighted by Crippen LogP contribution is -2.54. The summed E-state index contributed by atoms with van der Waals surface area (Å²) in [4.78, 5) is 49.7. The third kappa shape index (κ3) is 6.04. The van der Waals surface area contributed by atoms with Crippen LogP contribution in [0.25, 0.3) is 10.9 Å². The summed E-state index contributed by atoms with van der Waals surface area (Å²) < 4.78 is 0. The first-order chi connectivity index (χ1) is 13.7. The first-order valence-electron chi connectivity index (χ1n) is 9.05. The fraction of sp³-hybridized carbons (Fsp3) is 0.368. The number of aromatic nitrogens is 1. The van der Waals surface area contributed by atoms with Gasteiger partial charge in [0.05, 0.1) is 6.04 Å². The highest BCUT2D eigenvalue weighted by molar-refractivity contribution is 5.93. The molecular weight excluding hydrogens is 380 g/mol. The SMILES string of the molecule is C[C@H](NC(=O)[C@@H](Cc1c[nH]c2ccccc12)NC(=O)[C@H](N)CCC(=O)O)C(=O)O. The van der Waals surface area contributed by atoms with Gasteiger partial charge in [-0.1, -0.05) is 18.2 Å². The Bertz CT molecular complexity index is 909. The maximum Gasteiger partial charge on any atom is 0.325 e. The molecule has 1 aromatic carbocycles. The third-order valence-corrected chi connectivity index (χ3v) is 4.47. The minimum absolute atomic E-state index is 0.0892. The lowest BCUT2D eigenvalue weighted by atomic mass is 10.0. The summed E-state index contributed by atoms with van der Waals surface area (Å²) in [5.41, 5.74) is 7.32. The molecule has 10 heteroatoms. The molecule has 1 aromatic heterocycles. The highest BCUT2D eigenvalue weighted by atomic mass is 16.4. The lowest BCUT2D eigenvalue weighted by molar-refractivity contribution is -0.141. The third-order valence-electron chi connectivity index (χ3n) is 4.47. The molecule has 0 radical (unpaired) electrons. The second-order valence-corrected chi connectivity index (χ2v) is 6.73.